The molecule has 1 fully saturated rings. The molecular weight excluding hydrogens is 704 g/mol. The average molecular weight is 748 g/mol. The van der Waals surface area contributed by atoms with Crippen LogP contribution in [0.25, 0.3) is 0 Å². The SMILES string of the molecule is C.CCc1ccccc1N(C)S(C)(=O)=O.CN(C)c1ncccc1CNc1nc(Nc2ccc3c(c2)C2CCCC3S2(=O)=O)ncc1C(F)(F)F. The molecule has 2 aliphatic heterocycles. The predicted octanol–water partition coefficient (Wildman–Crippen LogP) is 7.29. The molecular formula is C35H44F3N7O4S2. The number of nitrogens with zero attached hydrogens (tertiary/aromatic N) is 5. The van der Waals surface area contributed by atoms with Crippen LogP contribution in [0, 0.1) is 0 Å². The van der Waals surface area contributed by atoms with E-state index in [1.54, 1.807) is 62.6 Å². The number of anilines is 5. The molecule has 2 aromatic carbocycles. The molecule has 276 valence electrons. The quantitative estimate of drug-likeness (QED) is 0.180. The standard InChI is InChI=1S/C24H25F3N6O2S.C10H15NO2S.CH4/c1-33(2)22-14(5-4-10-28-22)12-29-21-18(24(25,26)27)13-30-23(32-21)31-15-8-9-16-17(11-15)20-7-3-6-19(16)36(20,34)35;1-4-9-7-5-6-8-10(9)11(2)14(3,12)13;/h4-5,8-11,13,19-20H,3,6-7,12H2,1-2H3,(H2,29,30,31,32);5-8H,4H2,1-3H3;1H4. The molecule has 0 radical (unpaired) electrons. The molecule has 0 saturated carbocycles. The summed E-state index contributed by atoms with van der Waals surface area (Å²) >= 11 is 0. The molecule has 4 aromatic rings. The van der Waals surface area contributed by atoms with E-state index in [1.165, 1.54) is 10.6 Å². The Kier molecular flexibility index (Phi) is 11.9. The van der Waals surface area contributed by atoms with Crippen molar-refractivity contribution in [2.24, 2.45) is 0 Å². The van der Waals surface area contributed by atoms with E-state index in [0.717, 1.165) is 41.4 Å². The fraction of sp³-hybridized carbons (Fsp3) is 0.400. The predicted molar refractivity (Wildman–Crippen MR) is 197 cm³/mol. The smallest absolute Gasteiger partial charge is 0.365 e. The number of rotatable bonds is 9. The Bertz CT molecular complexity index is 2080. The molecule has 6 rings (SSSR count). The summed E-state index contributed by atoms with van der Waals surface area (Å²) in [4.78, 5) is 14.0. The lowest BCUT2D eigenvalue weighted by molar-refractivity contribution is -0.137. The lowest BCUT2D eigenvalue weighted by Crippen LogP contribution is -2.25. The van der Waals surface area contributed by atoms with Crippen LogP contribution in [0.5, 0.6) is 0 Å². The number of nitrogens with one attached hydrogen (secondary N) is 2. The Morgan fingerprint density at radius 2 is 1.61 bits per heavy atom. The molecule has 2 unspecified atom stereocenters. The molecule has 1 saturated heterocycles. The molecule has 4 heterocycles. The van der Waals surface area contributed by atoms with Crippen LogP contribution in [0.1, 0.15) is 71.9 Å². The van der Waals surface area contributed by atoms with Crippen molar-refractivity contribution in [2.45, 2.75) is 63.3 Å². The van der Waals surface area contributed by atoms with Gasteiger partial charge in [-0.05, 0) is 60.2 Å². The minimum Gasteiger partial charge on any atom is -0.365 e. The highest BCUT2D eigenvalue weighted by molar-refractivity contribution is 7.92. The zero-order chi connectivity index (χ0) is 36.4. The van der Waals surface area contributed by atoms with E-state index in [9.17, 15) is 30.0 Å². The zero-order valence-corrected chi connectivity index (χ0v) is 30.0. The summed E-state index contributed by atoms with van der Waals surface area (Å²) in [6, 6.07) is 16.2. The number of pyridine rings is 1. The summed E-state index contributed by atoms with van der Waals surface area (Å²) in [6.07, 6.45) is 1.76. The van der Waals surface area contributed by atoms with Crippen molar-refractivity contribution in [1.82, 2.24) is 15.0 Å². The highest BCUT2D eigenvalue weighted by atomic mass is 32.2. The van der Waals surface area contributed by atoms with Gasteiger partial charge in [0.05, 0.1) is 22.4 Å². The Balaban J connectivity index is 0.000000329. The van der Waals surface area contributed by atoms with Gasteiger partial charge in [0.2, 0.25) is 16.0 Å². The monoisotopic (exact) mass is 747 g/mol. The van der Waals surface area contributed by atoms with Crippen LogP contribution in [0.2, 0.25) is 0 Å². The van der Waals surface area contributed by atoms with Gasteiger partial charge >= 0.3 is 6.18 Å². The largest absolute Gasteiger partial charge is 0.421 e. The van der Waals surface area contributed by atoms with Crippen LogP contribution in [0.4, 0.5) is 42.1 Å². The number of sulfone groups is 1. The number of fused-ring (bicyclic) bond motifs is 5. The minimum absolute atomic E-state index is 0. The summed E-state index contributed by atoms with van der Waals surface area (Å²) in [7, 11) is -1.23. The van der Waals surface area contributed by atoms with Crippen LogP contribution in [0.15, 0.2) is 67.0 Å². The van der Waals surface area contributed by atoms with Gasteiger partial charge in [-0.25, -0.2) is 26.8 Å². The van der Waals surface area contributed by atoms with Gasteiger partial charge in [-0.3, -0.25) is 4.31 Å². The van der Waals surface area contributed by atoms with Crippen molar-refractivity contribution in [3.8, 4) is 0 Å². The number of hydrogen-bond donors (Lipinski definition) is 2. The van der Waals surface area contributed by atoms with Gasteiger partial charge in [-0.1, -0.05) is 51.1 Å². The number of aryl methyl sites for hydroxylation is 1. The summed E-state index contributed by atoms with van der Waals surface area (Å²) in [5.74, 6) is 0.228. The number of benzene rings is 2. The van der Waals surface area contributed by atoms with E-state index in [0.29, 0.717) is 29.9 Å². The second-order valence-electron chi connectivity index (χ2n) is 12.4. The number of para-hydroxylation sites is 1. The number of alkyl halides is 3. The maximum absolute atomic E-state index is 13.7. The third kappa shape index (κ3) is 8.55. The maximum Gasteiger partial charge on any atom is 0.421 e. The van der Waals surface area contributed by atoms with Crippen LogP contribution in [0.3, 0.4) is 0 Å². The molecule has 0 spiro atoms. The summed E-state index contributed by atoms with van der Waals surface area (Å²) < 4.78 is 90.5. The molecule has 2 N–H and O–H groups in total. The third-order valence-corrected chi connectivity index (χ3v) is 12.6. The van der Waals surface area contributed by atoms with E-state index in [2.05, 4.69) is 25.6 Å². The lowest BCUT2D eigenvalue weighted by atomic mass is 10.0. The molecule has 16 heteroatoms. The first kappa shape index (κ1) is 39.3. The van der Waals surface area contributed by atoms with Crippen molar-refractivity contribution in [3.05, 3.63) is 94.8 Å². The first-order valence-electron chi connectivity index (χ1n) is 16.0. The molecule has 0 aliphatic carbocycles. The Morgan fingerprint density at radius 3 is 2.25 bits per heavy atom. The van der Waals surface area contributed by atoms with E-state index >= 15 is 0 Å². The summed E-state index contributed by atoms with van der Waals surface area (Å²) in [6.45, 7) is 2.08. The van der Waals surface area contributed by atoms with Crippen LogP contribution in [-0.4, -0.2) is 59.2 Å². The summed E-state index contributed by atoms with van der Waals surface area (Å²) in [5, 5.41) is 4.71. The fourth-order valence-corrected chi connectivity index (χ4v) is 9.31. The van der Waals surface area contributed by atoms with Crippen LogP contribution < -0.4 is 19.8 Å². The van der Waals surface area contributed by atoms with Gasteiger partial charge in [0.1, 0.15) is 17.2 Å². The van der Waals surface area contributed by atoms with E-state index in [4.69, 9.17) is 0 Å². The first-order chi connectivity index (χ1) is 23.5. The molecule has 0 amide bonds. The van der Waals surface area contributed by atoms with Crippen LogP contribution in [-0.2, 0) is 39.0 Å². The van der Waals surface area contributed by atoms with Gasteiger partial charge in [0.25, 0.3) is 0 Å². The topological polar surface area (TPSA) is 137 Å². The lowest BCUT2D eigenvalue weighted by Gasteiger charge is -2.19. The second kappa shape index (κ2) is 15.4. The summed E-state index contributed by atoms with van der Waals surface area (Å²) in [5.41, 5.74) is 3.60. The molecule has 11 nitrogen and oxygen atoms in total. The van der Waals surface area contributed by atoms with Gasteiger partial charge in [-0.15, -0.1) is 0 Å². The number of halogens is 3. The van der Waals surface area contributed by atoms with Gasteiger partial charge in [0, 0.05) is 51.3 Å². The maximum atomic E-state index is 13.7. The van der Waals surface area contributed by atoms with Crippen molar-refractivity contribution in [3.63, 3.8) is 0 Å². The highest BCUT2D eigenvalue weighted by Gasteiger charge is 2.47. The third-order valence-electron chi connectivity index (χ3n) is 8.80. The molecule has 2 aromatic heterocycles. The Labute approximate surface area is 298 Å². The Morgan fingerprint density at radius 1 is 0.941 bits per heavy atom. The molecule has 2 aliphatic rings. The second-order valence-corrected chi connectivity index (χ2v) is 16.7. The highest BCUT2D eigenvalue weighted by Crippen LogP contribution is 2.53. The van der Waals surface area contributed by atoms with Gasteiger partial charge in [0.15, 0.2) is 9.84 Å². The van der Waals surface area contributed by atoms with Crippen molar-refractivity contribution < 1.29 is 30.0 Å². The Hall–Kier alpha value is -4.44. The van der Waals surface area contributed by atoms with E-state index in [1.807, 2.05) is 31.2 Å². The van der Waals surface area contributed by atoms with E-state index in [-0.39, 0.29) is 25.7 Å². The van der Waals surface area contributed by atoms with E-state index < -0.39 is 42.1 Å². The van der Waals surface area contributed by atoms with Gasteiger partial charge < -0.3 is 15.5 Å². The first-order valence-corrected chi connectivity index (χ1v) is 19.4. The van der Waals surface area contributed by atoms with Crippen LogP contribution >= 0.6 is 0 Å². The molecule has 2 bridgehead atoms. The van der Waals surface area contributed by atoms with Crippen molar-refractivity contribution in [1.29, 1.82) is 0 Å². The number of sulfonamides is 1. The normalized spacial score (nSPS) is 17.3. The number of hydrogen-bond acceptors (Lipinski definition) is 10. The van der Waals surface area contributed by atoms with Crippen molar-refractivity contribution >= 4 is 48.8 Å². The molecule has 51 heavy (non-hydrogen) atoms. The average Bonchev–Trinajstić information content (AvgIpc) is 3.17. The number of aromatic nitrogens is 3. The minimum atomic E-state index is -4.65. The van der Waals surface area contributed by atoms with Crippen molar-refractivity contribution in [2.75, 3.05) is 47.2 Å². The molecule has 2 atom stereocenters. The zero-order valence-electron chi connectivity index (χ0n) is 28.4. The van der Waals surface area contributed by atoms with Gasteiger partial charge in [-0.2, -0.15) is 18.2 Å². The fourth-order valence-electron chi connectivity index (χ4n) is 6.26.